The Hall–Kier alpha value is -2.10. The molecule has 0 aliphatic rings. The number of aromatic nitrogens is 2. The number of nitrogens with one attached hydrogen (secondary N) is 1. The lowest BCUT2D eigenvalue weighted by Crippen LogP contribution is -2.06. The topological polar surface area (TPSA) is 47.0 Å². The van der Waals surface area contributed by atoms with Crippen LogP contribution in [0, 0.1) is 27.7 Å². The lowest BCUT2D eigenvalue weighted by Gasteiger charge is -2.15. The van der Waals surface area contributed by atoms with Crippen LogP contribution < -0.4 is 10.1 Å². The third-order valence-electron chi connectivity index (χ3n) is 3.86. The third-order valence-corrected chi connectivity index (χ3v) is 3.86. The second-order valence-electron chi connectivity index (χ2n) is 5.31. The first-order valence-electron chi connectivity index (χ1n) is 7.22. The van der Waals surface area contributed by atoms with Crippen molar-refractivity contribution in [1.82, 2.24) is 10.2 Å². The standard InChI is InChI=1S/C17H23N3O/c1-7-18-17-13(5)12(4)16(19-20-17)14-8-11(3)15(21-6)9-10(14)2/h8-9H,7H2,1-6H3,(H,18,20). The molecule has 0 aliphatic heterocycles. The SMILES string of the molecule is CCNc1nnc(-c2cc(C)c(OC)cc2C)c(C)c1C. The van der Waals surface area contributed by atoms with Crippen LogP contribution in [-0.2, 0) is 0 Å². The van der Waals surface area contributed by atoms with Gasteiger partial charge in [-0.3, -0.25) is 0 Å². The molecule has 0 radical (unpaired) electrons. The van der Waals surface area contributed by atoms with Crippen molar-refractivity contribution in [2.75, 3.05) is 19.0 Å². The molecule has 112 valence electrons. The minimum absolute atomic E-state index is 0.842. The quantitative estimate of drug-likeness (QED) is 0.927. The maximum absolute atomic E-state index is 5.38. The highest BCUT2D eigenvalue weighted by Gasteiger charge is 2.14. The molecule has 0 amide bonds. The summed E-state index contributed by atoms with van der Waals surface area (Å²) >= 11 is 0. The van der Waals surface area contributed by atoms with E-state index in [2.05, 4.69) is 55.3 Å². The second-order valence-corrected chi connectivity index (χ2v) is 5.31. The average molecular weight is 285 g/mol. The Bertz CT molecular complexity index is 666. The van der Waals surface area contributed by atoms with E-state index in [1.165, 1.54) is 0 Å². The molecule has 0 saturated carbocycles. The fourth-order valence-electron chi connectivity index (χ4n) is 2.46. The zero-order chi connectivity index (χ0) is 15.6. The Balaban J connectivity index is 2.57. The van der Waals surface area contributed by atoms with Crippen LogP contribution in [0.4, 0.5) is 5.82 Å². The monoisotopic (exact) mass is 285 g/mol. The van der Waals surface area contributed by atoms with Gasteiger partial charge in [-0.2, -0.15) is 0 Å². The van der Waals surface area contributed by atoms with Gasteiger partial charge >= 0.3 is 0 Å². The summed E-state index contributed by atoms with van der Waals surface area (Å²) < 4.78 is 5.38. The van der Waals surface area contributed by atoms with Crippen LogP contribution in [0.5, 0.6) is 5.75 Å². The van der Waals surface area contributed by atoms with Crippen LogP contribution >= 0.6 is 0 Å². The lowest BCUT2D eigenvalue weighted by atomic mass is 9.97. The van der Waals surface area contributed by atoms with Gasteiger partial charge in [0, 0.05) is 12.1 Å². The number of aryl methyl sites for hydroxylation is 2. The molecule has 2 aromatic rings. The highest BCUT2D eigenvalue weighted by Crippen LogP contribution is 2.32. The lowest BCUT2D eigenvalue weighted by molar-refractivity contribution is 0.411. The Kier molecular flexibility index (Phi) is 4.46. The summed E-state index contributed by atoms with van der Waals surface area (Å²) in [6, 6.07) is 4.18. The Morgan fingerprint density at radius 2 is 1.71 bits per heavy atom. The number of hydrogen-bond acceptors (Lipinski definition) is 4. The molecule has 0 atom stereocenters. The highest BCUT2D eigenvalue weighted by molar-refractivity contribution is 5.71. The summed E-state index contributed by atoms with van der Waals surface area (Å²) in [5, 5.41) is 12.0. The Labute approximate surface area is 126 Å². The smallest absolute Gasteiger partial charge is 0.151 e. The summed E-state index contributed by atoms with van der Waals surface area (Å²) in [4.78, 5) is 0. The number of methoxy groups -OCH3 is 1. The summed E-state index contributed by atoms with van der Waals surface area (Å²) in [5.74, 6) is 1.77. The number of benzene rings is 1. The van der Waals surface area contributed by atoms with Crippen molar-refractivity contribution in [1.29, 1.82) is 0 Å². The average Bonchev–Trinajstić information content (AvgIpc) is 2.47. The van der Waals surface area contributed by atoms with Gasteiger partial charge in [-0.25, -0.2) is 0 Å². The first-order valence-corrected chi connectivity index (χ1v) is 7.22. The van der Waals surface area contributed by atoms with Crippen molar-refractivity contribution in [3.8, 4) is 17.0 Å². The minimum Gasteiger partial charge on any atom is -0.496 e. The molecule has 0 bridgehead atoms. The van der Waals surface area contributed by atoms with Crippen molar-refractivity contribution in [3.05, 3.63) is 34.4 Å². The number of anilines is 1. The van der Waals surface area contributed by atoms with Gasteiger partial charge in [0.2, 0.25) is 0 Å². The molecule has 1 heterocycles. The van der Waals surface area contributed by atoms with Crippen molar-refractivity contribution in [2.24, 2.45) is 0 Å². The molecular formula is C17H23N3O. The summed E-state index contributed by atoms with van der Waals surface area (Å²) in [5.41, 5.74) is 6.61. The second kappa shape index (κ2) is 6.12. The normalized spacial score (nSPS) is 10.6. The van der Waals surface area contributed by atoms with E-state index in [1.807, 2.05) is 6.92 Å². The molecule has 0 spiro atoms. The van der Waals surface area contributed by atoms with Crippen LogP contribution in [0.1, 0.15) is 29.2 Å². The Morgan fingerprint density at radius 3 is 2.33 bits per heavy atom. The molecule has 1 aromatic heterocycles. The predicted octanol–water partition coefficient (Wildman–Crippen LogP) is 3.82. The minimum atomic E-state index is 0.842. The number of nitrogens with zero attached hydrogens (tertiary/aromatic N) is 2. The molecule has 0 unspecified atom stereocenters. The molecule has 0 saturated heterocycles. The van der Waals surface area contributed by atoms with Crippen LogP contribution in [0.2, 0.25) is 0 Å². The fraction of sp³-hybridized carbons (Fsp3) is 0.412. The molecule has 4 heteroatoms. The molecule has 1 N–H and O–H groups in total. The molecule has 0 aliphatic carbocycles. The molecular weight excluding hydrogens is 262 g/mol. The summed E-state index contributed by atoms with van der Waals surface area (Å²) in [7, 11) is 1.70. The van der Waals surface area contributed by atoms with Gasteiger partial charge in [0.1, 0.15) is 5.75 Å². The molecule has 2 rings (SSSR count). The first-order chi connectivity index (χ1) is 9.99. The predicted molar refractivity (Wildman–Crippen MR) is 87.1 cm³/mol. The van der Waals surface area contributed by atoms with Crippen LogP contribution in [-0.4, -0.2) is 23.9 Å². The van der Waals surface area contributed by atoms with Gasteiger partial charge in [-0.05, 0) is 69.0 Å². The molecule has 1 aromatic carbocycles. The van der Waals surface area contributed by atoms with E-state index < -0.39 is 0 Å². The zero-order valence-corrected chi connectivity index (χ0v) is 13.7. The maximum atomic E-state index is 5.38. The van der Waals surface area contributed by atoms with E-state index in [0.29, 0.717) is 0 Å². The summed E-state index contributed by atoms with van der Waals surface area (Å²) in [6.07, 6.45) is 0. The largest absolute Gasteiger partial charge is 0.496 e. The number of ether oxygens (including phenoxy) is 1. The number of hydrogen-bond donors (Lipinski definition) is 1. The van der Waals surface area contributed by atoms with E-state index >= 15 is 0 Å². The zero-order valence-electron chi connectivity index (χ0n) is 13.7. The molecule has 4 nitrogen and oxygen atoms in total. The van der Waals surface area contributed by atoms with E-state index in [-0.39, 0.29) is 0 Å². The van der Waals surface area contributed by atoms with Crippen molar-refractivity contribution >= 4 is 5.82 Å². The Morgan fingerprint density at radius 1 is 1.00 bits per heavy atom. The van der Waals surface area contributed by atoms with Crippen LogP contribution in [0.3, 0.4) is 0 Å². The van der Waals surface area contributed by atoms with Crippen LogP contribution in [0.25, 0.3) is 11.3 Å². The van der Waals surface area contributed by atoms with Crippen LogP contribution in [0.15, 0.2) is 12.1 Å². The van der Waals surface area contributed by atoms with Gasteiger partial charge < -0.3 is 10.1 Å². The highest BCUT2D eigenvalue weighted by atomic mass is 16.5. The van der Waals surface area contributed by atoms with E-state index in [4.69, 9.17) is 4.74 Å². The molecule has 0 fully saturated rings. The summed E-state index contributed by atoms with van der Waals surface area (Å²) in [6.45, 7) is 11.2. The number of rotatable bonds is 4. The van der Waals surface area contributed by atoms with Gasteiger partial charge in [0.25, 0.3) is 0 Å². The van der Waals surface area contributed by atoms with Crippen molar-refractivity contribution in [3.63, 3.8) is 0 Å². The van der Waals surface area contributed by atoms with Gasteiger partial charge in [0.15, 0.2) is 5.82 Å². The van der Waals surface area contributed by atoms with E-state index in [0.717, 1.165) is 51.6 Å². The van der Waals surface area contributed by atoms with Gasteiger partial charge in [0.05, 0.1) is 12.8 Å². The van der Waals surface area contributed by atoms with Gasteiger partial charge in [-0.1, -0.05) is 0 Å². The van der Waals surface area contributed by atoms with Gasteiger partial charge in [-0.15, -0.1) is 10.2 Å². The third kappa shape index (κ3) is 2.84. The molecule has 21 heavy (non-hydrogen) atoms. The van der Waals surface area contributed by atoms with E-state index in [1.54, 1.807) is 7.11 Å². The fourth-order valence-corrected chi connectivity index (χ4v) is 2.46. The van der Waals surface area contributed by atoms with E-state index in [9.17, 15) is 0 Å². The first kappa shape index (κ1) is 15.3. The van der Waals surface area contributed by atoms with Crippen molar-refractivity contribution in [2.45, 2.75) is 34.6 Å². The maximum Gasteiger partial charge on any atom is 0.151 e. The van der Waals surface area contributed by atoms with Crippen molar-refractivity contribution < 1.29 is 4.74 Å².